The highest BCUT2D eigenvalue weighted by molar-refractivity contribution is 5.90. The maximum absolute atomic E-state index is 12.1. The summed E-state index contributed by atoms with van der Waals surface area (Å²) in [7, 11) is 0. The third-order valence-electron chi connectivity index (χ3n) is 3.48. The minimum Gasteiger partial charge on any atom is -0.481 e. The van der Waals surface area contributed by atoms with Crippen molar-refractivity contribution in [3.05, 3.63) is 0 Å². The van der Waals surface area contributed by atoms with Crippen molar-refractivity contribution in [1.29, 1.82) is 0 Å². The molecule has 0 aliphatic carbocycles. The Morgan fingerprint density at radius 1 is 1.10 bits per heavy atom. The van der Waals surface area contributed by atoms with Crippen LogP contribution in [0.4, 0.5) is 0 Å². The lowest BCUT2D eigenvalue weighted by atomic mass is 9.88. The van der Waals surface area contributed by atoms with Crippen LogP contribution in [-0.4, -0.2) is 40.9 Å². The van der Waals surface area contributed by atoms with Gasteiger partial charge in [-0.1, -0.05) is 13.3 Å². The standard InChI is InChI=1S/C15H27NO5/c1-2-5-13(18)8-12(10-17)14(19)9-11(15(20)21)6-3-4-7-16/h11-12,17H,2-10,16H2,1H3,(H,20,21). The van der Waals surface area contributed by atoms with E-state index in [-0.39, 0.29) is 24.4 Å². The van der Waals surface area contributed by atoms with Crippen molar-refractivity contribution in [3.8, 4) is 0 Å². The van der Waals surface area contributed by atoms with Crippen LogP contribution in [0.5, 0.6) is 0 Å². The van der Waals surface area contributed by atoms with E-state index in [1.165, 1.54) is 0 Å². The monoisotopic (exact) mass is 301 g/mol. The summed E-state index contributed by atoms with van der Waals surface area (Å²) in [6, 6.07) is 0. The first kappa shape index (κ1) is 19.7. The van der Waals surface area contributed by atoms with Gasteiger partial charge in [0.05, 0.1) is 12.5 Å². The Morgan fingerprint density at radius 2 is 1.76 bits per heavy atom. The molecular weight excluding hydrogens is 274 g/mol. The number of carboxylic acids is 1. The maximum Gasteiger partial charge on any atom is 0.306 e. The van der Waals surface area contributed by atoms with E-state index < -0.39 is 24.4 Å². The molecule has 0 aromatic rings. The van der Waals surface area contributed by atoms with Crippen LogP contribution < -0.4 is 5.73 Å². The first-order chi connectivity index (χ1) is 9.96. The third kappa shape index (κ3) is 8.57. The summed E-state index contributed by atoms with van der Waals surface area (Å²) in [5, 5.41) is 18.4. The molecule has 2 unspecified atom stereocenters. The molecule has 0 aliphatic heterocycles. The Kier molecular flexibility index (Phi) is 10.7. The molecule has 0 rings (SSSR count). The summed E-state index contributed by atoms with van der Waals surface area (Å²) in [4.78, 5) is 34.8. The summed E-state index contributed by atoms with van der Waals surface area (Å²) in [6.07, 6.45) is 2.70. The maximum atomic E-state index is 12.1. The molecule has 0 aliphatic rings. The van der Waals surface area contributed by atoms with E-state index in [1.807, 2.05) is 6.92 Å². The molecule has 2 atom stereocenters. The van der Waals surface area contributed by atoms with Crippen LogP contribution in [0.3, 0.4) is 0 Å². The number of carbonyl (C=O) groups excluding carboxylic acids is 2. The average Bonchev–Trinajstić information content (AvgIpc) is 2.43. The lowest BCUT2D eigenvalue weighted by molar-refractivity contribution is -0.144. The molecule has 4 N–H and O–H groups in total. The van der Waals surface area contributed by atoms with E-state index in [1.54, 1.807) is 0 Å². The van der Waals surface area contributed by atoms with Gasteiger partial charge < -0.3 is 15.9 Å². The number of aliphatic hydroxyl groups excluding tert-OH is 1. The van der Waals surface area contributed by atoms with Gasteiger partial charge in [0.1, 0.15) is 11.6 Å². The fourth-order valence-corrected chi connectivity index (χ4v) is 2.19. The van der Waals surface area contributed by atoms with Gasteiger partial charge in [0.2, 0.25) is 0 Å². The Bertz CT molecular complexity index is 343. The SMILES string of the molecule is CCCC(=O)CC(CO)C(=O)CC(CCCCN)C(=O)O. The lowest BCUT2D eigenvalue weighted by Gasteiger charge is -2.16. The van der Waals surface area contributed by atoms with E-state index in [2.05, 4.69) is 0 Å². The Balaban J connectivity index is 4.48. The van der Waals surface area contributed by atoms with Crippen molar-refractivity contribution < 1.29 is 24.6 Å². The average molecular weight is 301 g/mol. The summed E-state index contributed by atoms with van der Waals surface area (Å²) in [6.45, 7) is 1.94. The zero-order valence-electron chi connectivity index (χ0n) is 12.7. The minimum absolute atomic E-state index is 0.00167. The molecule has 6 nitrogen and oxygen atoms in total. The summed E-state index contributed by atoms with van der Waals surface area (Å²) >= 11 is 0. The zero-order chi connectivity index (χ0) is 16.3. The number of carbonyl (C=O) groups is 3. The van der Waals surface area contributed by atoms with Crippen molar-refractivity contribution in [2.75, 3.05) is 13.2 Å². The van der Waals surface area contributed by atoms with E-state index >= 15 is 0 Å². The highest BCUT2D eigenvalue weighted by atomic mass is 16.4. The normalized spacial score (nSPS) is 13.7. The summed E-state index contributed by atoms with van der Waals surface area (Å²) in [5.74, 6) is -2.97. The lowest BCUT2D eigenvalue weighted by Crippen LogP contribution is -2.27. The Morgan fingerprint density at radius 3 is 2.24 bits per heavy atom. The molecule has 0 saturated heterocycles. The number of aliphatic carboxylic acids is 1. The second kappa shape index (κ2) is 11.4. The molecule has 0 saturated carbocycles. The fraction of sp³-hybridized carbons (Fsp3) is 0.800. The summed E-state index contributed by atoms with van der Waals surface area (Å²) < 4.78 is 0. The highest BCUT2D eigenvalue weighted by Crippen LogP contribution is 2.18. The van der Waals surface area contributed by atoms with Crippen molar-refractivity contribution in [1.82, 2.24) is 0 Å². The van der Waals surface area contributed by atoms with Gasteiger partial charge in [-0.05, 0) is 25.8 Å². The quantitative estimate of drug-likeness (QED) is 0.439. The number of Topliss-reactive ketones (excluding diaryl/α,β-unsaturated/α-hetero) is 2. The van der Waals surface area contributed by atoms with Crippen LogP contribution in [0.2, 0.25) is 0 Å². The molecule has 0 bridgehead atoms. The number of unbranched alkanes of at least 4 members (excludes halogenated alkanes) is 1. The van der Waals surface area contributed by atoms with E-state index in [9.17, 15) is 19.5 Å². The second-order valence-corrected chi connectivity index (χ2v) is 5.36. The van der Waals surface area contributed by atoms with Gasteiger partial charge in [0.15, 0.2) is 0 Å². The predicted molar refractivity (Wildman–Crippen MR) is 78.8 cm³/mol. The van der Waals surface area contributed by atoms with Gasteiger partial charge in [-0.15, -0.1) is 0 Å². The van der Waals surface area contributed by atoms with E-state index in [4.69, 9.17) is 10.8 Å². The number of carboxylic acid groups (broad SMARTS) is 1. The fourth-order valence-electron chi connectivity index (χ4n) is 2.19. The van der Waals surface area contributed by atoms with Crippen LogP contribution in [0, 0.1) is 11.8 Å². The number of aliphatic hydroxyl groups is 1. The molecular formula is C15H27NO5. The second-order valence-electron chi connectivity index (χ2n) is 5.36. The molecule has 122 valence electrons. The first-order valence-electron chi connectivity index (χ1n) is 7.54. The molecule has 0 heterocycles. The van der Waals surface area contributed by atoms with Crippen LogP contribution in [-0.2, 0) is 14.4 Å². The number of nitrogens with two attached hydrogens (primary N) is 1. The predicted octanol–water partition coefficient (Wildman–Crippen LogP) is 1.14. The van der Waals surface area contributed by atoms with Crippen LogP contribution in [0.1, 0.15) is 51.9 Å². The van der Waals surface area contributed by atoms with Crippen molar-refractivity contribution >= 4 is 17.5 Å². The van der Waals surface area contributed by atoms with E-state index in [0.717, 1.165) is 6.42 Å². The van der Waals surface area contributed by atoms with Crippen LogP contribution >= 0.6 is 0 Å². The van der Waals surface area contributed by atoms with Gasteiger partial charge in [-0.3, -0.25) is 14.4 Å². The minimum atomic E-state index is -1.02. The van der Waals surface area contributed by atoms with Gasteiger partial charge in [0.25, 0.3) is 0 Å². The number of hydrogen-bond donors (Lipinski definition) is 3. The smallest absolute Gasteiger partial charge is 0.306 e. The molecule has 21 heavy (non-hydrogen) atoms. The first-order valence-corrected chi connectivity index (χ1v) is 7.54. The van der Waals surface area contributed by atoms with Gasteiger partial charge in [-0.25, -0.2) is 0 Å². The van der Waals surface area contributed by atoms with Gasteiger partial charge in [-0.2, -0.15) is 0 Å². The topological polar surface area (TPSA) is 118 Å². The van der Waals surface area contributed by atoms with Crippen molar-refractivity contribution in [2.24, 2.45) is 17.6 Å². The van der Waals surface area contributed by atoms with E-state index in [0.29, 0.717) is 32.2 Å². The number of rotatable bonds is 13. The number of ketones is 2. The van der Waals surface area contributed by atoms with Crippen LogP contribution in [0.25, 0.3) is 0 Å². The molecule has 0 spiro atoms. The summed E-state index contributed by atoms with van der Waals surface area (Å²) in [5.41, 5.74) is 5.36. The molecule has 0 radical (unpaired) electrons. The molecule has 6 heteroatoms. The zero-order valence-corrected chi connectivity index (χ0v) is 12.7. The Labute approximate surface area is 125 Å². The highest BCUT2D eigenvalue weighted by Gasteiger charge is 2.26. The van der Waals surface area contributed by atoms with Gasteiger partial charge >= 0.3 is 5.97 Å². The van der Waals surface area contributed by atoms with Crippen molar-refractivity contribution in [3.63, 3.8) is 0 Å². The Hall–Kier alpha value is -1.27. The largest absolute Gasteiger partial charge is 0.481 e. The molecule has 0 amide bonds. The van der Waals surface area contributed by atoms with Crippen LogP contribution in [0.15, 0.2) is 0 Å². The molecule has 0 aromatic heterocycles. The number of hydrogen-bond acceptors (Lipinski definition) is 5. The molecule has 0 fully saturated rings. The van der Waals surface area contributed by atoms with Crippen molar-refractivity contribution in [2.45, 2.75) is 51.9 Å². The third-order valence-corrected chi connectivity index (χ3v) is 3.48. The van der Waals surface area contributed by atoms with Gasteiger partial charge in [0, 0.05) is 25.2 Å². The molecule has 0 aromatic carbocycles.